The largest absolute Gasteiger partial charge is 0.394 e. The molecule has 6 heteroatoms. The molecule has 4 atom stereocenters. The molecule has 0 saturated carbocycles. The van der Waals surface area contributed by atoms with E-state index in [0.717, 1.165) is 38.5 Å². The van der Waals surface area contributed by atoms with Gasteiger partial charge in [0, 0.05) is 0 Å². The predicted molar refractivity (Wildman–Crippen MR) is 164 cm³/mol. The van der Waals surface area contributed by atoms with Crippen molar-refractivity contribution in [1.82, 2.24) is 5.32 Å². The molecule has 0 aliphatic rings. The van der Waals surface area contributed by atoms with Gasteiger partial charge in [-0.2, -0.15) is 0 Å². The highest BCUT2D eigenvalue weighted by Gasteiger charge is 2.28. The van der Waals surface area contributed by atoms with Gasteiger partial charge in [-0.05, 0) is 38.5 Å². The van der Waals surface area contributed by atoms with Crippen LogP contribution in [-0.4, -0.2) is 57.3 Å². The van der Waals surface area contributed by atoms with Crippen LogP contribution in [0.4, 0.5) is 0 Å². The smallest absolute Gasteiger partial charge is 0.249 e. The maximum absolute atomic E-state index is 12.3. The lowest BCUT2D eigenvalue weighted by Gasteiger charge is -2.27. The standard InChI is InChI=1S/C33H65NO5/c1-3-5-7-9-11-13-14-15-16-17-19-20-22-24-26-30(36)32(38)29(28-35)34-33(39)31(37)27-25-23-21-18-12-10-8-6-4-2/h19-20,29-32,35-38H,3-18,21-28H2,1-2H3,(H,34,39)/b20-19+. The predicted octanol–water partition coefficient (Wildman–Crippen LogP) is 7.11. The Balaban J connectivity index is 3.91. The molecule has 0 heterocycles. The van der Waals surface area contributed by atoms with E-state index in [-0.39, 0.29) is 0 Å². The molecule has 0 bridgehead atoms. The van der Waals surface area contributed by atoms with E-state index in [9.17, 15) is 25.2 Å². The maximum atomic E-state index is 12.3. The van der Waals surface area contributed by atoms with E-state index < -0.39 is 36.9 Å². The number of allylic oxidation sites excluding steroid dienone is 2. The highest BCUT2D eigenvalue weighted by molar-refractivity contribution is 5.80. The van der Waals surface area contributed by atoms with Gasteiger partial charge in [-0.3, -0.25) is 4.79 Å². The van der Waals surface area contributed by atoms with Crippen LogP contribution >= 0.6 is 0 Å². The third-order valence-corrected chi connectivity index (χ3v) is 7.73. The zero-order valence-corrected chi connectivity index (χ0v) is 25.6. The summed E-state index contributed by atoms with van der Waals surface area (Å²) >= 11 is 0. The first-order valence-electron chi connectivity index (χ1n) is 16.6. The van der Waals surface area contributed by atoms with Crippen molar-refractivity contribution in [2.24, 2.45) is 0 Å². The monoisotopic (exact) mass is 555 g/mol. The van der Waals surface area contributed by atoms with E-state index in [1.54, 1.807) is 0 Å². The van der Waals surface area contributed by atoms with E-state index in [1.807, 2.05) is 0 Å². The van der Waals surface area contributed by atoms with Crippen LogP contribution in [0.2, 0.25) is 0 Å². The number of unbranched alkanes of at least 4 members (excludes halogenated alkanes) is 18. The molecule has 0 aromatic heterocycles. The van der Waals surface area contributed by atoms with Crippen LogP contribution in [0.25, 0.3) is 0 Å². The summed E-state index contributed by atoms with van der Waals surface area (Å²) in [7, 11) is 0. The first-order valence-corrected chi connectivity index (χ1v) is 16.6. The Bertz CT molecular complexity index is 556. The fraction of sp³-hybridized carbons (Fsp3) is 0.909. The second-order valence-corrected chi connectivity index (χ2v) is 11.5. The van der Waals surface area contributed by atoms with Crippen LogP contribution in [0.3, 0.4) is 0 Å². The van der Waals surface area contributed by atoms with Crippen LogP contribution in [0.1, 0.15) is 162 Å². The van der Waals surface area contributed by atoms with Crippen LogP contribution in [0.5, 0.6) is 0 Å². The molecule has 0 aliphatic carbocycles. The van der Waals surface area contributed by atoms with Gasteiger partial charge >= 0.3 is 0 Å². The summed E-state index contributed by atoms with van der Waals surface area (Å²) in [4.78, 5) is 12.3. The zero-order valence-electron chi connectivity index (χ0n) is 25.6. The molecule has 5 N–H and O–H groups in total. The van der Waals surface area contributed by atoms with E-state index >= 15 is 0 Å². The molecule has 0 aliphatic heterocycles. The van der Waals surface area contributed by atoms with E-state index in [0.29, 0.717) is 12.8 Å². The van der Waals surface area contributed by atoms with Gasteiger partial charge in [0.15, 0.2) is 0 Å². The SMILES string of the molecule is CCCCCCCCCCC/C=C/CCCC(O)C(O)C(CO)NC(=O)C(O)CCCCCCCCCCC. The molecule has 0 spiro atoms. The van der Waals surface area contributed by atoms with Gasteiger partial charge in [0.1, 0.15) is 12.2 Å². The second-order valence-electron chi connectivity index (χ2n) is 11.5. The summed E-state index contributed by atoms with van der Waals surface area (Å²) in [5.74, 6) is -0.598. The van der Waals surface area contributed by atoms with E-state index in [2.05, 4.69) is 31.3 Å². The van der Waals surface area contributed by atoms with Gasteiger partial charge in [-0.1, -0.05) is 135 Å². The Morgan fingerprint density at radius 3 is 1.54 bits per heavy atom. The molecule has 1 amide bonds. The number of aliphatic hydroxyl groups is 4. The summed E-state index contributed by atoms with van der Waals surface area (Å²) in [6.07, 6.45) is 26.7. The minimum Gasteiger partial charge on any atom is -0.394 e. The molecule has 0 rings (SSSR count). The number of hydrogen-bond acceptors (Lipinski definition) is 5. The zero-order chi connectivity index (χ0) is 29.0. The minimum atomic E-state index is -1.27. The van der Waals surface area contributed by atoms with Crippen LogP contribution < -0.4 is 5.32 Å². The Kier molecular flexibility index (Phi) is 27.9. The highest BCUT2D eigenvalue weighted by atomic mass is 16.3. The summed E-state index contributed by atoms with van der Waals surface area (Å²) < 4.78 is 0. The van der Waals surface area contributed by atoms with Crippen molar-refractivity contribution < 1.29 is 25.2 Å². The fourth-order valence-electron chi connectivity index (χ4n) is 4.99. The topological polar surface area (TPSA) is 110 Å². The summed E-state index contributed by atoms with van der Waals surface area (Å²) in [5.41, 5.74) is 0. The second kappa shape index (κ2) is 28.6. The molecule has 39 heavy (non-hydrogen) atoms. The van der Waals surface area contributed by atoms with Crippen molar-refractivity contribution in [2.75, 3.05) is 6.61 Å². The molecule has 4 unspecified atom stereocenters. The summed E-state index contributed by atoms with van der Waals surface area (Å²) in [6.45, 7) is 3.97. The normalized spacial score (nSPS) is 14.9. The Hall–Kier alpha value is -0.950. The van der Waals surface area contributed by atoms with Crippen molar-refractivity contribution in [3.05, 3.63) is 12.2 Å². The average molecular weight is 556 g/mol. The maximum Gasteiger partial charge on any atom is 0.249 e. The number of hydrogen-bond donors (Lipinski definition) is 5. The van der Waals surface area contributed by atoms with Gasteiger partial charge in [0.2, 0.25) is 5.91 Å². The van der Waals surface area contributed by atoms with Crippen molar-refractivity contribution >= 4 is 5.91 Å². The molecule has 6 nitrogen and oxygen atoms in total. The fourth-order valence-corrected chi connectivity index (χ4v) is 4.99. The number of carbonyl (C=O) groups excluding carboxylic acids is 1. The molecule has 0 aromatic rings. The quantitative estimate of drug-likeness (QED) is 0.0499. The highest BCUT2D eigenvalue weighted by Crippen LogP contribution is 2.14. The van der Waals surface area contributed by atoms with Crippen molar-refractivity contribution in [3.8, 4) is 0 Å². The van der Waals surface area contributed by atoms with Crippen molar-refractivity contribution in [3.63, 3.8) is 0 Å². The third-order valence-electron chi connectivity index (χ3n) is 7.73. The van der Waals surface area contributed by atoms with Gasteiger partial charge in [0.25, 0.3) is 0 Å². The van der Waals surface area contributed by atoms with Gasteiger partial charge in [-0.15, -0.1) is 0 Å². The number of amides is 1. The molecule has 0 radical (unpaired) electrons. The Labute approximate surface area is 241 Å². The van der Waals surface area contributed by atoms with Crippen LogP contribution in [-0.2, 0) is 4.79 Å². The molecule has 0 aromatic carbocycles. The Morgan fingerprint density at radius 1 is 0.615 bits per heavy atom. The summed E-state index contributed by atoms with van der Waals surface area (Å²) in [5, 5.41) is 43.1. The molecule has 0 fully saturated rings. The molecule has 0 saturated heterocycles. The lowest BCUT2D eigenvalue weighted by molar-refractivity contribution is -0.132. The number of nitrogens with one attached hydrogen (secondary N) is 1. The van der Waals surface area contributed by atoms with Crippen LogP contribution in [0, 0.1) is 0 Å². The Morgan fingerprint density at radius 2 is 1.05 bits per heavy atom. The van der Waals surface area contributed by atoms with Crippen molar-refractivity contribution in [1.29, 1.82) is 0 Å². The lowest BCUT2D eigenvalue weighted by atomic mass is 10.00. The minimum absolute atomic E-state index is 0.365. The molecular weight excluding hydrogens is 490 g/mol. The van der Waals surface area contributed by atoms with Gasteiger partial charge in [0.05, 0.1) is 18.8 Å². The number of rotatable bonds is 29. The first kappa shape index (κ1) is 38.0. The lowest BCUT2D eigenvalue weighted by Crippen LogP contribution is -2.53. The van der Waals surface area contributed by atoms with Crippen molar-refractivity contribution in [2.45, 2.75) is 186 Å². The summed E-state index contributed by atoms with van der Waals surface area (Å²) in [6, 6.07) is -0.993. The average Bonchev–Trinajstić information content (AvgIpc) is 2.94. The van der Waals surface area contributed by atoms with Gasteiger partial charge < -0.3 is 25.7 Å². The third kappa shape index (κ3) is 23.5. The number of carbonyl (C=O) groups is 1. The van der Waals surface area contributed by atoms with E-state index in [4.69, 9.17) is 0 Å². The number of aliphatic hydroxyl groups excluding tert-OH is 4. The molecule has 232 valence electrons. The van der Waals surface area contributed by atoms with E-state index in [1.165, 1.54) is 96.3 Å². The van der Waals surface area contributed by atoms with Crippen LogP contribution in [0.15, 0.2) is 12.2 Å². The van der Waals surface area contributed by atoms with Gasteiger partial charge in [-0.25, -0.2) is 0 Å². The molecular formula is C33H65NO5. The first-order chi connectivity index (χ1) is 19.0.